The van der Waals surface area contributed by atoms with E-state index in [1.807, 2.05) is 0 Å². The minimum Gasteiger partial charge on any atom is -0.465 e. The van der Waals surface area contributed by atoms with Crippen molar-refractivity contribution in [1.29, 1.82) is 0 Å². The van der Waals surface area contributed by atoms with E-state index in [0.29, 0.717) is 10.2 Å². The third kappa shape index (κ3) is 1.71. The van der Waals surface area contributed by atoms with Crippen LogP contribution >= 0.6 is 12.2 Å². The van der Waals surface area contributed by atoms with Gasteiger partial charge in [-0.2, -0.15) is 0 Å². The second-order valence-electron chi connectivity index (χ2n) is 2.35. The molecule has 0 bridgehead atoms. The van der Waals surface area contributed by atoms with E-state index in [2.05, 4.69) is 9.72 Å². The van der Waals surface area contributed by atoms with Gasteiger partial charge in [0.15, 0.2) is 0 Å². The van der Waals surface area contributed by atoms with Gasteiger partial charge in [0.25, 0.3) is 0 Å². The van der Waals surface area contributed by atoms with E-state index >= 15 is 0 Å². The van der Waals surface area contributed by atoms with E-state index in [0.717, 1.165) is 5.69 Å². The Kier molecular flexibility index (Phi) is 2.60. The number of pyridine rings is 1. The van der Waals surface area contributed by atoms with Gasteiger partial charge in [0.2, 0.25) is 0 Å². The molecule has 0 radical (unpaired) electrons. The molecule has 0 aliphatic rings. The second kappa shape index (κ2) is 3.49. The Labute approximate surface area is 75.4 Å². The molecule has 0 fully saturated rings. The van der Waals surface area contributed by atoms with Crippen LogP contribution in [-0.4, -0.2) is 18.1 Å². The first-order valence-electron chi connectivity index (χ1n) is 3.43. The fourth-order valence-electron chi connectivity index (χ4n) is 0.909. The predicted octanol–water partition coefficient (Wildman–Crippen LogP) is 1.84. The maximum absolute atomic E-state index is 11.1. The molecular weight excluding hydrogens is 174 g/mol. The lowest BCUT2D eigenvalue weighted by Gasteiger charge is -2.01. The summed E-state index contributed by atoms with van der Waals surface area (Å²) in [5.41, 5.74) is 1.25. The summed E-state index contributed by atoms with van der Waals surface area (Å²) in [6.07, 6.45) is 0. The number of aromatic amines is 1. The highest BCUT2D eigenvalue weighted by Gasteiger charge is 2.07. The summed E-state index contributed by atoms with van der Waals surface area (Å²) in [5, 5.41) is 0. The Morgan fingerprint density at radius 2 is 2.25 bits per heavy atom. The Balaban J connectivity index is 3.18. The third-order valence-electron chi connectivity index (χ3n) is 1.52. The smallest absolute Gasteiger partial charge is 0.339 e. The predicted molar refractivity (Wildman–Crippen MR) is 47.7 cm³/mol. The van der Waals surface area contributed by atoms with Gasteiger partial charge in [-0.3, -0.25) is 0 Å². The van der Waals surface area contributed by atoms with Crippen molar-refractivity contribution >= 4 is 18.2 Å². The number of carbonyl (C=O) groups excluding carboxylic acids is 1. The lowest BCUT2D eigenvalue weighted by Crippen LogP contribution is -2.04. The molecule has 3 nitrogen and oxygen atoms in total. The molecule has 4 heteroatoms. The van der Waals surface area contributed by atoms with E-state index in [9.17, 15) is 4.79 Å². The molecule has 0 amide bonds. The maximum atomic E-state index is 11.1. The van der Waals surface area contributed by atoms with Crippen LogP contribution < -0.4 is 0 Å². The summed E-state index contributed by atoms with van der Waals surface area (Å²) in [6.45, 7) is 1.78. The molecule has 0 spiro atoms. The van der Waals surface area contributed by atoms with Crippen LogP contribution in [0, 0.1) is 11.6 Å². The van der Waals surface area contributed by atoms with Crippen molar-refractivity contribution in [2.75, 3.05) is 7.11 Å². The Morgan fingerprint density at radius 1 is 1.58 bits per heavy atom. The minimum atomic E-state index is -0.348. The van der Waals surface area contributed by atoms with Crippen molar-refractivity contribution < 1.29 is 9.53 Å². The van der Waals surface area contributed by atoms with Gasteiger partial charge in [-0.05, 0) is 19.1 Å². The quantitative estimate of drug-likeness (QED) is 0.533. The highest BCUT2D eigenvalue weighted by atomic mass is 32.1. The van der Waals surface area contributed by atoms with Crippen LogP contribution in [0.5, 0.6) is 0 Å². The number of aryl methyl sites for hydroxylation is 1. The highest BCUT2D eigenvalue weighted by Crippen LogP contribution is 2.05. The zero-order chi connectivity index (χ0) is 9.14. The van der Waals surface area contributed by atoms with Crippen LogP contribution in [0.3, 0.4) is 0 Å². The van der Waals surface area contributed by atoms with E-state index in [-0.39, 0.29) is 5.97 Å². The number of carbonyl (C=O) groups is 1. The van der Waals surface area contributed by atoms with E-state index in [1.165, 1.54) is 7.11 Å². The lowest BCUT2D eigenvalue weighted by atomic mass is 10.2. The molecule has 0 unspecified atom stereocenters. The minimum absolute atomic E-state index is 0.348. The molecule has 1 rings (SSSR count). The van der Waals surface area contributed by atoms with Gasteiger partial charge in [-0.25, -0.2) is 4.79 Å². The molecule has 64 valence electrons. The molecule has 0 aliphatic heterocycles. The second-order valence-corrected chi connectivity index (χ2v) is 2.79. The van der Waals surface area contributed by atoms with Gasteiger partial charge in [0, 0.05) is 5.69 Å². The number of nitrogens with one attached hydrogen (secondary N) is 1. The first-order chi connectivity index (χ1) is 5.65. The lowest BCUT2D eigenvalue weighted by molar-refractivity contribution is 0.0599. The molecular formula is C8H9NO2S. The van der Waals surface area contributed by atoms with E-state index in [4.69, 9.17) is 12.2 Å². The van der Waals surface area contributed by atoms with Crippen LogP contribution in [0.15, 0.2) is 12.1 Å². The highest BCUT2D eigenvalue weighted by molar-refractivity contribution is 7.71. The zero-order valence-corrected chi connectivity index (χ0v) is 7.70. The first-order valence-corrected chi connectivity index (χ1v) is 3.84. The standard InChI is InChI=1S/C8H9NO2S/c1-5-6(8(10)11-2)3-4-7(12)9-5/h3-4H,1-2H3,(H,9,12). The molecule has 1 aromatic rings. The average molecular weight is 183 g/mol. The summed E-state index contributed by atoms with van der Waals surface area (Å²) in [4.78, 5) is 13.9. The van der Waals surface area contributed by atoms with Gasteiger partial charge in [0.1, 0.15) is 4.64 Å². The molecule has 12 heavy (non-hydrogen) atoms. The topological polar surface area (TPSA) is 42.1 Å². The van der Waals surface area contributed by atoms with E-state index in [1.54, 1.807) is 19.1 Å². The fraction of sp³-hybridized carbons (Fsp3) is 0.250. The van der Waals surface area contributed by atoms with Gasteiger partial charge in [-0.15, -0.1) is 0 Å². The Hall–Kier alpha value is -1.16. The van der Waals surface area contributed by atoms with Crippen LogP contribution in [-0.2, 0) is 4.74 Å². The number of methoxy groups -OCH3 is 1. The Morgan fingerprint density at radius 3 is 2.75 bits per heavy atom. The maximum Gasteiger partial charge on any atom is 0.339 e. The number of H-pyrrole nitrogens is 1. The SMILES string of the molecule is COC(=O)c1ccc(=S)[nH]c1C. The van der Waals surface area contributed by atoms with Crippen molar-refractivity contribution in [2.24, 2.45) is 0 Å². The summed E-state index contributed by atoms with van der Waals surface area (Å²) in [7, 11) is 1.35. The molecule has 0 aliphatic carbocycles. The molecule has 1 N–H and O–H groups in total. The third-order valence-corrected chi connectivity index (χ3v) is 1.76. The van der Waals surface area contributed by atoms with Gasteiger partial charge >= 0.3 is 5.97 Å². The molecule has 1 aromatic heterocycles. The largest absolute Gasteiger partial charge is 0.465 e. The summed E-state index contributed by atoms with van der Waals surface area (Å²) in [6, 6.07) is 3.31. The molecule has 0 atom stereocenters. The molecule has 0 aromatic carbocycles. The first kappa shape index (κ1) is 8.93. The summed E-state index contributed by atoms with van der Waals surface area (Å²) < 4.78 is 5.18. The molecule has 0 saturated carbocycles. The molecule has 1 heterocycles. The number of esters is 1. The van der Waals surface area contributed by atoms with Crippen molar-refractivity contribution in [3.8, 4) is 0 Å². The molecule has 0 saturated heterocycles. The van der Waals surface area contributed by atoms with Crippen LogP contribution in [0.4, 0.5) is 0 Å². The van der Waals surface area contributed by atoms with Gasteiger partial charge in [0.05, 0.1) is 12.7 Å². The zero-order valence-electron chi connectivity index (χ0n) is 6.88. The number of ether oxygens (including phenoxy) is 1. The van der Waals surface area contributed by atoms with Gasteiger partial charge in [-0.1, -0.05) is 12.2 Å². The van der Waals surface area contributed by atoms with Crippen molar-refractivity contribution in [3.05, 3.63) is 28.0 Å². The Bertz CT molecular complexity index is 356. The fourth-order valence-corrected chi connectivity index (χ4v) is 1.13. The number of aromatic nitrogens is 1. The van der Waals surface area contributed by atoms with Crippen LogP contribution in [0.2, 0.25) is 0 Å². The van der Waals surface area contributed by atoms with Crippen molar-refractivity contribution in [2.45, 2.75) is 6.92 Å². The van der Waals surface area contributed by atoms with E-state index < -0.39 is 0 Å². The monoisotopic (exact) mass is 183 g/mol. The number of hydrogen-bond donors (Lipinski definition) is 1. The summed E-state index contributed by atoms with van der Waals surface area (Å²) in [5.74, 6) is -0.348. The number of hydrogen-bond acceptors (Lipinski definition) is 3. The van der Waals surface area contributed by atoms with Crippen molar-refractivity contribution in [1.82, 2.24) is 4.98 Å². The van der Waals surface area contributed by atoms with Crippen LogP contribution in [0.25, 0.3) is 0 Å². The van der Waals surface area contributed by atoms with Crippen LogP contribution in [0.1, 0.15) is 16.1 Å². The van der Waals surface area contributed by atoms with Crippen molar-refractivity contribution in [3.63, 3.8) is 0 Å². The number of rotatable bonds is 1. The van der Waals surface area contributed by atoms with Gasteiger partial charge < -0.3 is 9.72 Å². The normalized spacial score (nSPS) is 9.50. The summed E-state index contributed by atoms with van der Waals surface area (Å²) >= 11 is 4.87. The average Bonchev–Trinajstić information content (AvgIpc) is 2.03.